The zero-order valence-electron chi connectivity index (χ0n) is 15.2. The number of benzene rings is 1. The number of amides is 1. The Morgan fingerprint density at radius 3 is 2.63 bits per heavy atom. The summed E-state index contributed by atoms with van der Waals surface area (Å²) in [6.07, 6.45) is 1.68. The average Bonchev–Trinajstić information content (AvgIpc) is 2.73. The number of hydrogen-bond donors (Lipinski definition) is 1. The van der Waals surface area contributed by atoms with Crippen LogP contribution in [0.4, 0.5) is 10.6 Å². The van der Waals surface area contributed by atoms with Crippen LogP contribution in [0.2, 0.25) is 0 Å². The molecule has 0 bridgehead atoms. The van der Waals surface area contributed by atoms with Gasteiger partial charge in [0.1, 0.15) is 12.4 Å². The Morgan fingerprint density at radius 2 is 1.93 bits per heavy atom. The molecule has 3 rings (SSSR count). The molecule has 1 aromatic carbocycles. The standard InChI is InChI=1S/C20H24N4O3/c21-24(20(26)27-14-13-25)15-16-9-11-23(12-10-16)19-8-4-7-18(22-19)17-5-2-1-3-6-17/h1-8,13,16H,9-12,14-15,21H2. The van der Waals surface area contributed by atoms with Crippen molar-refractivity contribution in [1.29, 1.82) is 0 Å². The minimum absolute atomic E-state index is 0.269. The molecule has 0 atom stereocenters. The van der Waals surface area contributed by atoms with E-state index in [1.54, 1.807) is 0 Å². The van der Waals surface area contributed by atoms with E-state index in [9.17, 15) is 9.59 Å². The highest BCUT2D eigenvalue weighted by molar-refractivity contribution is 5.69. The molecule has 2 aromatic rings. The summed E-state index contributed by atoms with van der Waals surface area (Å²) in [5.41, 5.74) is 2.06. The molecule has 7 nitrogen and oxygen atoms in total. The lowest BCUT2D eigenvalue weighted by Crippen LogP contribution is -2.44. The summed E-state index contributed by atoms with van der Waals surface area (Å²) < 4.78 is 4.71. The second-order valence-corrected chi connectivity index (χ2v) is 6.57. The van der Waals surface area contributed by atoms with Crippen molar-refractivity contribution in [2.24, 2.45) is 11.8 Å². The van der Waals surface area contributed by atoms with Gasteiger partial charge in [-0.1, -0.05) is 36.4 Å². The first-order valence-electron chi connectivity index (χ1n) is 9.07. The van der Waals surface area contributed by atoms with Crippen LogP contribution in [0.1, 0.15) is 12.8 Å². The molecule has 142 valence electrons. The van der Waals surface area contributed by atoms with Gasteiger partial charge in [0, 0.05) is 25.2 Å². The number of nitrogens with zero attached hydrogens (tertiary/aromatic N) is 3. The van der Waals surface area contributed by atoms with Crippen LogP contribution < -0.4 is 10.7 Å². The van der Waals surface area contributed by atoms with E-state index in [2.05, 4.69) is 17.0 Å². The predicted molar refractivity (Wildman–Crippen MR) is 103 cm³/mol. The van der Waals surface area contributed by atoms with E-state index in [1.807, 2.05) is 36.4 Å². The summed E-state index contributed by atoms with van der Waals surface area (Å²) in [6, 6.07) is 16.2. The zero-order chi connectivity index (χ0) is 19.1. The van der Waals surface area contributed by atoms with E-state index in [0.717, 1.165) is 48.0 Å². The highest BCUT2D eigenvalue weighted by Gasteiger charge is 2.23. The Bertz CT molecular complexity index is 761. The molecule has 1 saturated heterocycles. The molecular weight excluding hydrogens is 344 g/mol. The Labute approximate surface area is 158 Å². The number of rotatable bonds is 6. The minimum Gasteiger partial charge on any atom is -0.441 e. The molecule has 1 aliphatic rings. The van der Waals surface area contributed by atoms with Gasteiger partial charge in [-0.3, -0.25) is 4.79 Å². The van der Waals surface area contributed by atoms with Gasteiger partial charge in [-0.2, -0.15) is 0 Å². The highest BCUT2D eigenvalue weighted by atomic mass is 16.6. The van der Waals surface area contributed by atoms with Crippen molar-refractivity contribution in [3.8, 4) is 11.3 Å². The molecule has 1 aromatic heterocycles. The number of anilines is 1. The first-order valence-corrected chi connectivity index (χ1v) is 9.07. The van der Waals surface area contributed by atoms with E-state index >= 15 is 0 Å². The molecule has 2 N–H and O–H groups in total. The second kappa shape index (κ2) is 9.14. The SMILES string of the molecule is NN(CC1CCN(c2cccc(-c3ccccc3)n2)CC1)C(=O)OCC=O. The van der Waals surface area contributed by atoms with Crippen molar-refractivity contribution in [2.45, 2.75) is 12.8 Å². The molecule has 1 aliphatic heterocycles. The summed E-state index contributed by atoms with van der Waals surface area (Å²) in [4.78, 5) is 28.9. The molecule has 0 unspecified atom stereocenters. The van der Waals surface area contributed by atoms with E-state index < -0.39 is 6.09 Å². The fourth-order valence-electron chi connectivity index (χ4n) is 3.25. The first-order chi connectivity index (χ1) is 13.2. The summed E-state index contributed by atoms with van der Waals surface area (Å²) in [5.74, 6) is 7.00. The van der Waals surface area contributed by atoms with Gasteiger partial charge < -0.3 is 9.64 Å². The molecule has 0 aliphatic carbocycles. The normalized spacial score (nSPS) is 14.6. The van der Waals surface area contributed by atoms with E-state index in [-0.39, 0.29) is 6.61 Å². The molecule has 7 heteroatoms. The second-order valence-electron chi connectivity index (χ2n) is 6.57. The van der Waals surface area contributed by atoms with E-state index in [4.69, 9.17) is 15.6 Å². The fraction of sp³-hybridized carbons (Fsp3) is 0.350. The highest BCUT2D eigenvalue weighted by Crippen LogP contribution is 2.25. The third kappa shape index (κ3) is 5.04. The van der Waals surface area contributed by atoms with E-state index in [1.165, 1.54) is 0 Å². The molecule has 27 heavy (non-hydrogen) atoms. The molecular formula is C20H24N4O3. The van der Waals surface area contributed by atoms with Crippen molar-refractivity contribution in [2.75, 3.05) is 31.1 Å². The van der Waals surface area contributed by atoms with Crippen LogP contribution in [0, 0.1) is 5.92 Å². The van der Waals surface area contributed by atoms with Gasteiger partial charge >= 0.3 is 6.09 Å². The van der Waals surface area contributed by atoms with Crippen molar-refractivity contribution >= 4 is 18.2 Å². The largest absolute Gasteiger partial charge is 0.441 e. The number of nitrogens with two attached hydrogens (primary N) is 1. The number of hydrazine groups is 1. The van der Waals surface area contributed by atoms with Crippen LogP contribution in [0.25, 0.3) is 11.3 Å². The van der Waals surface area contributed by atoms with Gasteiger partial charge in [0.2, 0.25) is 0 Å². The maximum atomic E-state index is 11.6. The van der Waals surface area contributed by atoms with E-state index in [0.29, 0.717) is 18.7 Å². The Hall–Kier alpha value is -2.93. The van der Waals surface area contributed by atoms with Crippen molar-refractivity contribution < 1.29 is 14.3 Å². The van der Waals surface area contributed by atoms with Gasteiger partial charge in [0.15, 0.2) is 6.29 Å². The van der Waals surface area contributed by atoms with Gasteiger partial charge in [0.05, 0.1) is 5.69 Å². The average molecular weight is 368 g/mol. The summed E-state index contributed by atoms with van der Waals surface area (Å²) in [6.45, 7) is 1.86. The van der Waals surface area contributed by atoms with Gasteiger partial charge in [-0.05, 0) is 30.9 Å². The fourth-order valence-corrected chi connectivity index (χ4v) is 3.25. The molecule has 0 spiro atoms. The summed E-state index contributed by atoms with van der Waals surface area (Å²) in [7, 11) is 0. The van der Waals surface area contributed by atoms with Gasteiger partial charge in [0.25, 0.3) is 0 Å². The lowest BCUT2D eigenvalue weighted by atomic mass is 9.96. The first kappa shape index (κ1) is 18.8. The molecule has 1 fully saturated rings. The molecule has 2 heterocycles. The Balaban J connectivity index is 1.55. The zero-order valence-corrected chi connectivity index (χ0v) is 15.2. The predicted octanol–water partition coefficient (Wildman–Crippen LogP) is 2.48. The number of aromatic nitrogens is 1. The molecule has 1 amide bonds. The van der Waals surface area contributed by atoms with Crippen molar-refractivity contribution in [3.63, 3.8) is 0 Å². The van der Waals surface area contributed by atoms with Crippen LogP contribution in [-0.4, -0.2) is 48.6 Å². The Kier molecular flexibility index (Phi) is 6.38. The molecule has 0 saturated carbocycles. The van der Waals surface area contributed by atoms with Crippen LogP contribution in [0.3, 0.4) is 0 Å². The van der Waals surface area contributed by atoms with Crippen molar-refractivity contribution in [3.05, 3.63) is 48.5 Å². The summed E-state index contributed by atoms with van der Waals surface area (Å²) in [5, 5.41) is 1.05. The van der Waals surface area contributed by atoms with Crippen molar-refractivity contribution in [1.82, 2.24) is 9.99 Å². The number of ether oxygens (including phenoxy) is 1. The minimum atomic E-state index is -0.665. The molecule has 0 radical (unpaired) electrons. The third-order valence-electron chi connectivity index (χ3n) is 4.71. The summed E-state index contributed by atoms with van der Waals surface area (Å²) >= 11 is 0. The monoisotopic (exact) mass is 368 g/mol. The maximum absolute atomic E-state index is 11.6. The van der Waals surface area contributed by atoms with Crippen LogP contribution >= 0.6 is 0 Å². The maximum Gasteiger partial charge on any atom is 0.424 e. The lowest BCUT2D eigenvalue weighted by molar-refractivity contribution is -0.110. The quantitative estimate of drug-likeness (QED) is 0.365. The number of carbonyl (C=O) groups is 2. The van der Waals surface area contributed by atoms with Gasteiger partial charge in [-0.15, -0.1) is 0 Å². The smallest absolute Gasteiger partial charge is 0.424 e. The number of piperidine rings is 1. The topological polar surface area (TPSA) is 88.8 Å². The van der Waals surface area contributed by atoms with Crippen LogP contribution in [-0.2, 0) is 9.53 Å². The van der Waals surface area contributed by atoms with Crippen LogP contribution in [0.15, 0.2) is 48.5 Å². The Morgan fingerprint density at radius 1 is 1.19 bits per heavy atom. The number of pyridine rings is 1. The van der Waals surface area contributed by atoms with Gasteiger partial charge in [-0.25, -0.2) is 20.6 Å². The van der Waals surface area contributed by atoms with Crippen LogP contribution in [0.5, 0.6) is 0 Å². The lowest BCUT2D eigenvalue weighted by Gasteiger charge is -2.34. The number of carbonyl (C=O) groups excluding carboxylic acids is 2. The third-order valence-corrected chi connectivity index (χ3v) is 4.71. The number of aldehydes is 1. The number of hydrogen-bond acceptors (Lipinski definition) is 6.